The number of H-pyrrole nitrogens is 1. The summed E-state index contributed by atoms with van der Waals surface area (Å²) in [5.74, 6) is -1.88. The van der Waals surface area contributed by atoms with Gasteiger partial charge in [-0.2, -0.15) is 4.31 Å². The van der Waals surface area contributed by atoms with E-state index >= 15 is 0 Å². The number of aliphatic carboxylic acids is 1. The molecule has 0 aliphatic carbocycles. The minimum atomic E-state index is -3.69. The first-order chi connectivity index (χ1) is 8.44. The molecule has 1 fully saturated rings. The summed E-state index contributed by atoms with van der Waals surface area (Å²) in [5, 5.41) is 9.02. The van der Waals surface area contributed by atoms with Crippen LogP contribution in [0.2, 0.25) is 0 Å². The van der Waals surface area contributed by atoms with Crippen LogP contribution in [-0.4, -0.2) is 55.1 Å². The first kappa shape index (κ1) is 13.1. The van der Waals surface area contributed by atoms with Gasteiger partial charge in [0, 0.05) is 19.4 Å². The highest BCUT2D eigenvalue weighted by Crippen LogP contribution is 2.24. The Hall–Kier alpha value is -1.38. The van der Waals surface area contributed by atoms with E-state index in [1.807, 2.05) is 0 Å². The van der Waals surface area contributed by atoms with E-state index in [-0.39, 0.29) is 18.1 Å². The van der Waals surface area contributed by atoms with Crippen molar-refractivity contribution in [2.45, 2.75) is 10.9 Å². The second kappa shape index (κ2) is 4.71. The van der Waals surface area contributed by atoms with E-state index in [4.69, 9.17) is 9.84 Å². The molecule has 1 saturated heterocycles. The molecular weight excluding hydrogens is 260 g/mol. The molecule has 0 saturated carbocycles. The number of aromatic amines is 1. The molecule has 2 atom stereocenters. The van der Waals surface area contributed by atoms with Gasteiger partial charge in [-0.15, -0.1) is 0 Å². The maximum absolute atomic E-state index is 12.2. The van der Waals surface area contributed by atoms with Crippen LogP contribution in [0, 0.1) is 5.92 Å². The normalized spacial score (nSPS) is 24.6. The summed E-state index contributed by atoms with van der Waals surface area (Å²) >= 11 is 0. The number of hydrogen-bond acceptors (Lipinski definition) is 4. The molecule has 1 aliphatic heterocycles. The molecule has 8 heteroatoms. The number of sulfonamides is 1. The molecule has 2 heterocycles. The van der Waals surface area contributed by atoms with Gasteiger partial charge in [0.15, 0.2) is 0 Å². The zero-order chi connectivity index (χ0) is 13.3. The molecule has 7 nitrogen and oxygen atoms in total. The molecule has 2 N–H and O–H groups in total. The largest absolute Gasteiger partial charge is 0.481 e. The fraction of sp³-hybridized carbons (Fsp3) is 0.500. The van der Waals surface area contributed by atoms with E-state index in [9.17, 15) is 13.2 Å². The van der Waals surface area contributed by atoms with E-state index in [1.54, 1.807) is 0 Å². The van der Waals surface area contributed by atoms with Crippen molar-refractivity contribution >= 4 is 16.0 Å². The summed E-state index contributed by atoms with van der Waals surface area (Å²) in [6.07, 6.45) is 2.86. The Bertz CT molecular complexity index is 524. The highest BCUT2D eigenvalue weighted by Gasteiger charge is 2.41. The molecular formula is C10H14N2O5S. The highest BCUT2D eigenvalue weighted by molar-refractivity contribution is 7.89. The third-order valence-electron chi connectivity index (χ3n) is 3.08. The van der Waals surface area contributed by atoms with Crippen LogP contribution in [0.15, 0.2) is 23.4 Å². The summed E-state index contributed by atoms with van der Waals surface area (Å²) in [4.78, 5) is 13.8. The Balaban J connectivity index is 2.26. The van der Waals surface area contributed by atoms with Crippen LogP contribution in [0.25, 0.3) is 0 Å². The second-order valence-corrected chi connectivity index (χ2v) is 6.11. The van der Waals surface area contributed by atoms with Crippen molar-refractivity contribution in [3.05, 3.63) is 18.5 Å². The fourth-order valence-corrected chi connectivity index (χ4v) is 3.30. The summed E-state index contributed by atoms with van der Waals surface area (Å²) < 4.78 is 30.6. The molecule has 2 rings (SSSR count). The quantitative estimate of drug-likeness (QED) is 0.787. The van der Waals surface area contributed by atoms with Crippen LogP contribution in [0.4, 0.5) is 0 Å². The number of carboxylic acids is 1. The Morgan fingerprint density at radius 1 is 1.56 bits per heavy atom. The van der Waals surface area contributed by atoms with E-state index in [2.05, 4.69) is 4.98 Å². The average molecular weight is 274 g/mol. The van der Waals surface area contributed by atoms with Crippen molar-refractivity contribution in [3.63, 3.8) is 0 Å². The molecule has 0 bridgehead atoms. The molecule has 2 unspecified atom stereocenters. The number of carboxylic acid groups (broad SMARTS) is 1. The van der Waals surface area contributed by atoms with Gasteiger partial charge in [-0.25, -0.2) is 8.42 Å². The van der Waals surface area contributed by atoms with Crippen molar-refractivity contribution in [2.24, 2.45) is 5.92 Å². The smallest absolute Gasteiger partial charge is 0.310 e. The SMILES string of the molecule is CN(C1COCC1C(=O)O)S(=O)(=O)c1cc[nH]c1. The van der Waals surface area contributed by atoms with Crippen molar-refractivity contribution < 1.29 is 23.1 Å². The lowest BCUT2D eigenvalue weighted by atomic mass is 10.1. The molecule has 100 valence electrons. The van der Waals surface area contributed by atoms with Gasteiger partial charge >= 0.3 is 5.97 Å². The number of aromatic nitrogens is 1. The number of rotatable bonds is 4. The first-order valence-corrected chi connectivity index (χ1v) is 6.80. The van der Waals surface area contributed by atoms with Gasteiger partial charge in [0.25, 0.3) is 0 Å². The van der Waals surface area contributed by atoms with Gasteiger partial charge in [-0.1, -0.05) is 0 Å². The number of hydrogen-bond donors (Lipinski definition) is 2. The Morgan fingerprint density at radius 2 is 2.28 bits per heavy atom. The van der Waals surface area contributed by atoms with Crippen LogP contribution in [-0.2, 0) is 19.6 Å². The second-order valence-electron chi connectivity index (χ2n) is 4.12. The lowest BCUT2D eigenvalue weighted by Gasteiger charge is -2.25. The standard InChI is InChI=1S/C10H14N2O5S/c1-12(9-6-17-5-8(9)10(13)14)18(15,16)7-2-3-11-4-7/h2-4,8-9,11H,5-6H2,1H3,(H,13,14). The lowest BCUT2D eigenvalue weighted by Crippen LogP contribution is -2.43. The number of nitrogens with zero attached hydrogens (tertiary/aromatic N) is 1. The van der Waals surface area contributed by atoms with Gasteiger partial charge in [0.05, 0.1) is 30.1 Å². The molecule has 1 aromatic rings. The Kier molecular flexibility index (Phi) is 3.42. The monoisotopic (exact) mass is 274 g/mol. The van der Waals surface area contributed by atoms with Gasteiger partial charge < -0.3 is 14.8 Å². The maximum Gasteiger partial charge on any atom is 0.310 e. The molecule has 0 radical (unpaired) electrons. The molecule has 0 aromatic carbocycles. The van der Waals surface area contributed by atoms with E-state index < -0.39 is 28.0 Å². The highest BCUT2D eigenvalue weighted by atomic mass is 32.2. The zero-order valence-corrected chi connectivity index (χ0v) is 10.6. The predicted octanol–water partition coefficient (Wildman–Crippen LogP) is -0.265. The Labute approximate surface area is 104 Å². The van der Waals surface area contributed by atoms with Crippen LogP contribution in [0.5, 0.6) is 0 Å². The third kappa shape index (κ3) is 2.14. The predicted molar refractivity (Wildman–Crippen MR) is 61.5 cm³/mol. The van der Waals surface area contributed by atoms with Gasteiger partial charge in [0.1, 0.15) is 0 Å². The van der Waals surface area contributed by atoms with Gasteiger partial charge in [-0.05, 0) is 6.07 Å². The van der Waals surface area contributed by atoms with E-state index in [0.717, 1.165) is 4.31 Å². The molecule has 1 aromatic heterocycles. The summed E-state index contributed by atoms with van der Waals surface area (Å²) in [6.45, 7) is 0.129. The van der Waals surface area contributed by atoms with Crippen molar-refractivity contribution in [1.29, 1.82) is 0 Å². The topological polar surface area (TPSA) is 99.7 Å². The Morgan fingerprint density at radius 3 is 2.83 bits per heavy atom. The molecule has 0 spiro atoms. The molecule has 1 aliphatic rings. The van der Waals surface area contributed by atoms with E-state index in [1.165, 1.54) is 25.5 Å². The minimum absolute atomic E-state index is 0.0347. The number of nitrogens with one attached hydrogen (secondary N) is 1. The summed E-state index contributed by atoms with van der Waals surface area (Å²) in [7, 11) is -2.31. The van der Waals surface area contributed by atoms with Crippen LogP contribution in [0.3, 0.4) is 0 Å². The summed E-state index contributed by atoms with van der Waals surface area (Å²) in [6, 6.07) is 0.750. The minimum Gasteiger partial charge on any atom is -0.481 e. The van der Waals surface area contributed by atoms with Crippen molar-refractivity contribution in [3.8, 4) is 0 Å². The van der Waals surface area contributed by atoms with Crippen LogP contribution < -0.4 is 0 Å². The third-order valence-corrected chi connectivity index (χ3v) is 4.96. The van der Waals surface area contributed by atoms with Crippen molar-refractivity contribution in [2.75, 3.05) is 20.3 Å². The van der Waals surface area contributed by atoms with Crippen LogP contribution >= 0.6 is 0 Å². The molecule has 18 heavy (non-hydrogen) atoms. The number of ether oxygens (including phenoxy) is 1. The van der Waals surface area contributed by atoms with Gasteiger partial charge in [-0.3, -0.25) is 4.79 Å². The summed E-state index contributed by atoms with van der Waals surface area (Å²) in [5.41, 5.74) is 0. The average Bonchev–Trinajstić information content (AvgIpc) is 2.98. The lowest BCUT2D eigenvalue weighted by molar-refractivity contribution is -0.142. The number of carbonyl (C=O) groups is 1. The van der Waals surface area contributed by atoms with Crippen molar-refractivity contribution in [1.82, 2.24) is 9.29 Å². The van der Waals surface area contributed by atoms with Gasteiger partial charge in [0.2, 0.25) is 10.0 Å². The zero-order valence-electron chi connectivity index (χ0n) is 9.74. The maximum atomic E-state index is 12.2. The molecule has 0 amide bonds. The van der Waals surface area contributed by atoms with Crippen LogP contribution in [0.1, 0.15) is 0 Å². The van der Waals surface area contributed by atoms with E-state index in [0.29, 0.717) is 0 Å². The fourth-order valence-electron chi connectivity index (χ4n) is 1.95. The number of likely N-dealkylation sites (N-methyl/N-ethyl adjacent to an activating group) is 1. The first-order valence-electron chi connectivity index (χ1n) is 5.36.